The Morgan fingerprint density at radius 1 is 1.43 bits per heavy atom. The van der Waals surface area contributed by atoms with Crippen molar-refractivity contribution in [1.29, 1.82) is 5.26 Å². The Morgan fingerprint density at radius 3 is 3.17 bits per heavy atom. The summed E-state index contributed by atoms with van der Waals surface area (Å²) in [5.41, 5.74) is 0.593. The first-order valence-electron chi connectivity index (χ1n) is 8.06. The maximum Gasteiger partial charge on any atom is 0.137 e. The van der Waals surface area contributed by atoms with Crippen LogP contribution in [0.5, 0.6) is 5.75 Å². The number of likely N-dealkylation sites (N-methyl/N-ethyl adjacent to an activating group) is 1. The van der Waals surface area contributed by atoms with Crippen LogP contribution in [0.15, 0.2) is 36.7 Å². The van der Waals surface area contributed by atoms with Crippen molar-refractivity contribution in [3.05, 3.63) is 48.0 Å². The number of ether oxygens (including phenoxy) is 1. The van der Waals surface area contributed by atoms with E-state index in [1.165, 1.54) is 12.2 Å². The predicted octanol–water partition coefficient (Wildman–Crippen LogP) is 2.33. The second-order valence-electron chi connectivity index (χ2n) is 6.12. The third-order valence-electron chi connectivity index (χ3n) is 4.34. The predicted molar refractivity (Wildman–Crippen MR) is 88.2 cm³/mol. The highest BCUT2D eigenvalue weighted by atomic mass is 16.5. The van der Waals surface area contributed by atoms with Crippen LogP contribution in [0.25, 0.3) is 0 Å². The van der Waals surface area contributed by atoms with Gasteiger partial charge in [-0.25, -0.2) is 4.98 Å². The fourth-order valence-corrected chi connectivity index (χ4v) is 3.11. The van der Waals surface area contributed by atoms with E-state index in [0.717, 1.165) is 26.1 Å². The van der Waals surface area contributed by atoms with Gasteiger partial charge in [0.1, 0.15) is 24.3 Å². The average Bonchev–Trinajstić information content (AvgIpc) is 3.03. The first-order valence-corrected chi connectivity index (χ1v) is 8.06. The fourth-order valence-electron chi connectivity index (χ4n) is 3.11. The maximum absolute atomic E-state index is 9.06. The minimum atomic E-state index is 0.593. The van der Waals surface area contributed by atoms with E-state index in [9.17, 15) is 0 Å². The van der Waals surface area contributed by atoms with Crippen molar-refractivity contribution in [2.75, 3.05) is 26.7 Å². The van der Waals surface area contributed by atoms with Gasteiger partial charge in [0.05, 0.1) is 5.56 Å². The quantitative estimate of drug-likeness (QED) is 0.822. The molecule has 2 aromatic rings. The summed E-state index contributed by atoms with van der Waals surface area (Å²) in [7, 11) is 2.13. The van der Waals surface area contributed by atoms with Crippen LogP contribution in [0, 0.1) is 17.2 Å². The Bertz CT molecular complexity index is 688. The zero-order valence-electron chi connectivity index (χ0n) is 13.5. The molecular weight excluding hydrogens is 288 g/mol. The summed E-state index contributed by atoms with van der Waals surface area (Å²) in [6, 6.07) is 9.53. The molecule has 1 atom stereocenters. The van der Waals surface area contributed by atoms with Crippen molar-refractivity contribution < 1.29 is 4.74 Å². The smallest absolute Gasteiger partial charge is 0.137 e. The fraction of sp³-hybridized carbons (Fsp3) is 0.444. The van der Waals surface area contributed by atoms with Crippen LogP contribution in [-0.2, 0) is 13.0 Å². The Balaban J connectivity index is 1.44. The average molecular weight is 310 g/mol. The van der Waals surface area contributed by atoms with Crippen LogP contribution in [0.1, 0.15) is 17.8 Å². The van der Waals surface area contributed by atoms with E-state index in [0.29, 0.717) is 23.8 Å². The molecule has 23 heavy (non-hydrogen) atoms. The number of aromatic nitrogens is 2. The monoisotopic (exact) mass is 310 g/mol. The molecule has 0 bridgehead atoms. The molecule has 0 saturated heterocycles. The largest absolute Gasteiger partial charge is 0.491 e. The minimum Gasteiger partial charge on any atom is -0.491 e. The van der Waals surface area contributed by atoms with E-state index in [1.807, 2.05) is 24.4 Å². The topological polar surface area (TPSA) is 54.1 Å². The normalized spacial score (nSPS) is 16.8. The molecule has 0 saturated carbocycles. The Labute approximate surface area is 137 Å². The highest BCUT2D eigenvalue weighted by molar-refractivity contribution is 5.42. The molecule has 1 aromatic carbocycles. The lowest BCUT2D eigenvalue weighted by atomic mass is 9.99. The molecule has 1 aliphatic heterocycles. The van der Waals surface area contributed by atoms with Gasteiger partial charge in [0.15, 0.2) is 0 Å². The van der Waals surface area contributed by atoms with Crippen molar-refractivity contribution in [2.45, 2.75) is 19.4 Å². The van der Waals surface area contributed by atoms with Gasteiger partial charge in [0, 0.05) is 38.4 Å². The number of rotatable bonds is 6. The second kappa shape index (κ2) is 7.30. The highest BCUT2D eigenvalue weighted by Gasteiger charge is 2.19. The number of nitriles is 1. The van der Waals surface area contributed by atoms with Crippen LogP contribution < -0.4 is 4.74 Å². The van der Waals surface area contributed by atoms with Gasteiger partial charge in [-0.05, 0) is 31.5 Å². The van der Waals surface area contributed by atoms with Gasteiger partial charge < -0.3 is 14.2 Å². The van der Waals surface area contributed by atoms with Crippen LogP contribution in [0.2, 0.25) is 0 Å². The SMILES string of the molecule is CN(CCOc1ccccc1C#N)C[C@H]1CCc2nccn2C1. The summed E-state index contributed by atoms with van der Waals surface area (Å²) in [6.07, 6.45) is 6.22. The minimum absolute atomic E-state index is 0.593. The number of aryl methyl sites for hydroxylation is 1. The molecule has 1 aliphatic rings. The summed E-state index contributed by atoms with van der Waals surface area (Å²) in [6.45, 7) is 3.56. The molecule has 120 valence electrons. The maximum atomic E-state index is 9.06. The van der Waals surface area contributed by atoms with E-state index < -0.39 is 0 Å². The van der Waals surface area contributed by atoms with Gasteiger partial charge in [0.25, 0.3) is 0 Å². The molecule has 0 amide bonds. The molecular formula is C18H22N4O. The molecule has 3 rings (SSSR count). The van der Waals surface area contributed by atoms with Crippen molar-refractivity contribution in [3.63, 3.8) is 0 Å². The Morgan fingerprint density at radius 2 is 2.30 bits per heavy atom. The zero-order valence-corrected chi connectivity index (χ0v) is 13.5. The van der Waals surface area contributed by atoms with E-state index >= 15 is 0 Å². The van der Waals surface area contributed by atoms with Crippen LogP contribution in [-0.4, -0.2) is 41.2 Å². The number of nitrogens with zero attached hydrogens (tertiary/aromatic N) is 4. The first kappa shape index (κ1) is 15.6. The zero-order chi connectivity index (χ0) is 16.1. The van der Waals surface area contributed by atoms with E-state index in [-0.39, 0.29) is 0 Å². The lowest BCUT2D eigenvalue weighted by Gasteiger charge is -2.28. The summed E-state index contributed by atoms with van der Waals surface area (Å²) >= 11 is 0. The van der Waals surface area contributed by atoms with Crippen molar-refractivity contribution in [1.82, 2.24) is 14.5 Å². The summed E-state index contributed by atoms with van der Waals surface area (Å²) < 4.78 is 8.02. The van der Waals surface area contributed by atoms with Gasteiger partial charge in [-0.2, -0.15) is 5.26 Å². The molecule has 0 spiro atoms. The second-order valence-corrected chi connectivity index (χ2v) is 6.12. The van der Waals surface area contributed by atoms with Gasteiger partial charge in [-0.3, -0.25) is 0 Å². The number of imidazole rings is 1. The third-order valence-corrected chi connectivity index (χ3v) is 4.34. The number of benzene rings is 1. The Kier molecular flexibility index (Phi) is 4.94. The Hall–Kier alpha value is -2.32. The molecule has 2 heterocycles. The number of hydrogen-bond donors (Lipinski definition) is 0. The highest BCUT2D eigenvalue weighted by Crippen LogP contribution is 2.20. The van der Waals surface area contributed by atoms with Crippen LogP contribution in [0.4, 0.5) is 0 Å². The lowest BCUT2D eigenvalue weighted by molar-refractivity contribution is 0.195. The summed E-state index contributed by atoms with van der Waals surface area (Å²) in [5.74, 6) is 2.54. The lowest BCUT2D eigenvalue weighted by Crippen LogP contribution is -2.33. The molecule has 5 nitrogen and oxygen atoms in total. The van der Waals surface area contributed by atoms with Crippen LogP contribution >= 0.6 is 0 Å². The van der Waals surface area contributed by atoms with E-state index in [2.05, 4.69) is 33.8 Å². The van der Waals surface area contributed by atoms with Gasteiger partial charge >= 0.3 is 0 Å². The van der Waals surface area contributed by atoms with Crippen molar-refractivity contribution in [3.8, 4) is 11.8 Å². The van der Waals surface area contributed by atoms with Gasteiger partial charge in [-0.15, -0.1) is 0 Å². The van der Waals surface area contributed by atoms with Crippen molar-refractivity contribution in [2.24, 2.45) is 5.92 Å². The molecule has 0 unspecified atom stereocenters. The summed E-state index contributed by atoms with van der Waals surface area (Å²) in [4.78, 5) is 6.68. The molecule has 0 N–H and O–H groups in total. The number of fused-ring (bicyclic) bond motifs is 1. The van der Waals surface area contributed by atoms with Gasteiger partial charge in [0.2, 0.25) is 0 Å². The van der Waals surface area contributed by atoms with E-state index in [1.54, 1.807) is 6.07 Å². The molecule has 0 fully saturated rings. The molecule has 0 aliphatic carbocycles. The molecule has 0 radical (unpaired) electrons. The number of para-hydroxylation sites is 1. The van der Waals surface area contributed by atoms with E-state index in [4.69, 9.17) is 10.00 Å². The molecule has 1 aromatic heterocycles. The summed E-state index contributed by atoms with van der Waals surface area (Å²) in [5, 5.41) is 9.06. The standard InChI is InChI=1S/C18H22N4O/c1-21(10-11-23-17-5-3-2-4-16(17)12-19)13-15-6-7-18-20-8-9-22(18)14-15/h2-5,8-9,15H,6-7,10-11,13-14H2,1H3/t15-/m1/s1. The van der Waals surface area contributed by atoms with Crippen LogP contribution in [0.3, 0.4) is 0 Å². The first-order chi connectivity index (χ1) is 11.3. The number of hydrogen-bond acceptors (Lipinski definition) is 4. The van der Waals surface area contributed by atoms with Gasteiger partial charge in [-0.1, -0.05) is 12.1 Å². The third kappa shape index (κ3) is 3.91. The van der Waals surface area contributed by atoms with Crippen molar-refractivity contribution >= 4 is 0 Å². The molecule has 5 heteroatoms.